The first-order chi connectivity index (χ1) is 17.1. The summed E-state index contributed by atoms with van der Waals surface area (Å²) in [6.45, 7) is 16.2. The molecule has 0 aliphatic heterocycles. The summed E-state index contributed by atoms with van der Waals surface area (Å²) in [5.41, 5.74) is -2.34. The van der Waals surface area contributed by atoms with Crippen molar-refractivity contribution in [1.82, 2.24) is 0 Å². The minimum Gasteiger partial charge on any atom is -0.461 e. The average molecular weight is 527 g/mol. The summed E-state index contributed by atoms with van der Waals surface area (Å²) in [4.78, 5) is 47.7. The lowest BCUT2D eigenvalue weighted by Crippen LogP contribution is -2.46. The summed E-state index contributed by atoms with van der Waals surface area (Å²) in [6.07, 6.45) is 0. The molecule has 11 heteroatoms. The van der Waals surface area contributed by atoms with Gasteiger partial charge in [0, 0.05) is 22.3 Å². The molecule has 0 radical (unpaired) electrons. The van der Waals surface area contributed by atoms with E-state index in [1.54, 1.807) is 0 Å². The van der Waals surface area contributed by atoms with E-state index in [0.717, 1.165) is 0 Å². The molecule has 0 rings (SSSR count). The van der Waals surface area contributed by atoms with Crippen molar-refractivity contribution in [3.8, 4) is 0 Å². The van der Waals surface area contributed by atoms with E-state index in [-0.39, 0.29) is 35.5 Å². The highest BCUT2D eigenvalue weighted by Crippen LogP contribution is 2.25. The highest BCUT2D eigenvalue weighted by molar-refractivity contribution is 5.88. The molecule has 0 fully saturated rings. The Kier molecular flexibility index (Phi) is 14.4. The minimum atomic E-state index is -1.40. The van der Waals surface area contributed by atoms with Crippen molar-refractivity contribution >= 4 is 23.9 Å². The van der Waals surface area contributed by atoms with E-state index in [4.69, 9.17) is 23.7 Å². The molecule has 0 saturated heterocycles. The Morgan fingerprint density at radius 1 is 0.514 bits per heavy atom. The standard InChI is InChI=1S/C26H38O11/c1-17(2)21(29)34-13-25(9-27,14-35-22(30)18(3)4)11-33-12-26(10-28,15-36-23(31)19(5)6)16-37-24(32)20(7)8/h27-28H,1,3,5,7,9-16H2,2,4,6,8H3. The van der Waals surface area contributed by atoms with Gasteiger partial charge in [0.2, 0.25) is 0 Å². The van der Waals surface area contributed by atoms with E-state index < -0.39 is 74.3 Å². The molecule has 0 amide bonds. The van der Waals surface area contributed by atoms with Crippen LogP contribution >= 0.6 is 0 Å². The van der Waals surface area contributed by atoms with Crippen molar-refractivity contribution < 1.29 is 53.1 Å². The fourth-order valence-corrected chi connectivity index (χ4v) is 2.38. The van der Waals surface area contributed by atoms with Crippen LogP contribution in [-0.4, -0.2) is 86.9 Å². The van der Waals surface area contributed by atoms with Gasteiger partial charge in [0.15, 0.2) is 0 Å². The number of esters is 4. The Bertz CT molecular complexity index is 768. The van der Waals surface area contributed by atoms with Gasteiger partial charge < -0.3 is 33.9 Å². The van der Waals surface area contributed by atoms with Crippen LogP contribution in [0.3, 0.4) is 0 Å². The summed E-state index contributed by atoms with van der Waals surface area (Å²) in [5.74, 6) is -2.92. The quantitative estimate of drug-likeness (QED) is 0.151. The van der Waals surface area contributed by atoms with E-state index in [0.29, 0.717) is 0 Å². The predicted molar refractivity (Wildman–Crippen MR) is 133 cm³/mol. The first-order valence-corrected chi connectivity index (χ1v) is 11.2. The second-order valence-corrected chi connectivity index (χ2v) is 9.23. The van der Waals surface area contributed by atoms with Crippen LogP contribution in [-0.2, 0) is 42.9 Å². The Balaban J connectivity index is 5.76. The molecule has 0 aromatic rings. The van der Waals surface area contributed by atoms with Crippen LogP contribution in [0.4, 0.5) is 0 Å². The normalized spacial score (nSPS) is 11.2. The largest absolute Gasteiger partial charge is 0.461 e. The number of ether oxygens (including phenoxy) is 5. The van der Waals surface area contributed by atoms with Crippen LogP contribution in [0.15, 0.2) is 48.6 Å². The van der Waals surface area contributed by atoms with Crippen molar-refractivity contribution in [2.45, 2.75) is 27.7 Å². The summed E-state index contributed by atoms with van der Waals surface area (Å²) in [5, 5.41) is 20.3. The average Bonchev–Trinajstić information content (AvgIpc) is 2.85. The van der Waals surface area contributed by atoms with Gasteiger partial charge in [-0.25, -0.2) is 19.2 Å². The van der Waals surface area contributed by atoms with Crippen molar-refractivity contribution in [2.24, 2.45) is 10.8 Å². The maximum Gasteiger partial charge on any atom is 0.333 e. The van der Waals surface area contributed by atoms with E-state index in [1.165, 1.54) is 27.7 Å². The van der Waals surface area contributed by atoms with Gasteiger partial charge in [-0.3, -0.25) is 0 Å². The van der Waals surface area contributed by atoms with Crippen LogP contribution < -0.4 is 0 Å². The van der Waals surface area contributed by atoms with E-state index in [9.17, 15) is 29.4 Å². The summed E-state index contributed by atoms with van der Waals surface area (Å²) in [6, 6.07) is 0. The van der Waals surface area contributed by atoms with E-state index in [1.807, 2.05) is 0 Å². The lowest BCUT2D eigenvalue weighted by Gasteiger charge is -2.34. The lowest BCUT2D eigenvalue weighted by atomic mass is 9.90. The van der Waals surface area contributed by atoms with Crippen LogP contribution in [0.5, 0.6) is 0 Å². The van der Waals surface area contributed by atoms with Gasteiger partial charge in [-0.1, -0.05) is 26.3 Å². The fraction of sp³-hybridized carbons (Fsp3) is 0.538. The lowest BCUT2D eigenvalue weighted by molar-refractivity contribution is -0.163. The number of aliphatic hydroxyl groups excluding tert-OH is 2. The second kappa shape index (κ2) is 15.7. The summed E-state index contributed by atoms with van der Waals surface area (Å²) >= 11 is 0. The van der Waals surface area contributed by atoms with Crippen molar-refractivity contribution in [2.75, 3.05) is 52.9 Å². The number of aliphatic hydroxyl groups is 2. The molecule has 0 atom stereocenters. The van der Waals surface area contributed by atoms with Gasteiger partial charge in [-0.15, -0.1) is 0 Å². The third-order valence-electron chi connectivity index (χ3n) is 4.92. The molecule has 0 spiro atoms. The van der Waals surface area contributed by atoms with Crippen molar-refractivity contribution in [3.05, 3.63) is 48.6 Å². The smallest absolute Gasteiger partial charge is 0.333 e. The second-order valence-electron chi connectivity index (χ2n) is 9.23. The van der Waals surface area contributed by atoms with Gasteiger partial charge in [0.25, 0.3) is 0 Å². The SMILES string of the molecule is C=C(C)C(=O)OCC(CO)(COCC(CO)(COC(=O)C(=C)C)COC(=O)C(=C)C)COC(=O)C(=C)C. The van der Waals surface area contributed by atoms with Crippen LogP contribution in [0.1, 0.15) is 27.7 Å². The summed E-state index contributed by atoms with van der Waals surface area (Å²) < 4.78 is 26.4. The molecule has 37 heavy (non-hydrogen) atoms. The van der Waals surface area contributed by atoms with Crippen LogP contribution in [0.25, 0.3) is 0 Å². The molecule has 11 nitrogen and oxygen atoms in total. The molecular formula is C26H38O11. The molecule has 0 heterocycles. The van der Waals surface area contributed by atoms with E-state index in [2.05, 4.69) is 26.3 Å². The molecular weight excluding hydrogens is 488 g/mol. The number of carbonyl (C=O) groups is 4. The monoisotopic (exact) mass is 526 g/mol. The molecule has 0 aromatic heterocycles. The van der Waals surface area contributed by atoms with Crippen molar-refractivity contribution in [1.29, 1.82) is 0 Å². The molecule has 0 saturated carbocycles. The molecule has 0 aromatic carbocycles. The summed E-state index contributed by atoms with van der Waals surface area (Å²) in [7, 11) is 0. The fourth-order valence-electron chi connectivity index (χ4n) is 2.38. The van der Waals surface area contributed by atoms with Gasteiger partial charge in [0.05, 0.1) is 37.3 Å². The Labute approximate surface area is 217 Å². The number of hydrogen-bond acceptors (Lipinski definition) is 11. The van der Waals surface area contributed by atoms with Crippen LogP contribution in [0, 0.1) is 10.8 Å². The number of hydrogen-bond donors (Lipinski definition) is 2. The molecule has 0 aliphatic carbocycles. The Morgan fingerprint density at radius 3 is 0.892 bits per heavy atom. The molecule has 0 aliphatic rings. The molecule has 2 N–H and O–H groups in total. The number of rotatable bonds is 18. The van der Waals surface area contributed by atoms with Crippen molar-refractivity contribution in [3.63, 3.8) is 0 Å². The molecule has 0 bridgehead atoms. The molecule has 0 unspecified atom stereocenters. The third kappa shape index (κ3) is 12.0. The minimum absolute atomic E-state index is 0.115. The van der Waals surface area contributed by atoms with E-state index >= 15 is 0 Å². The first kappa shape index (κ1) is 33.7. The topological polar surface area (TPSA) is 155 Å². The van der Waals surface area contributed by atoms with Gasteiger partial charge >= 0.3 is 23.9 Å². The Morgan fingerprint density at radius 2 is 0.730 bits per heavy atom. The highest BCUT2D eigenvalue weighted by atomic mass is 16.6. The van der Waals surface area contributed by atoms with Gasteiger partial charge in [-0.2, -0.15) is 0 Å². The zero-order chi connectivity index (χ0) is 28.8. The molecule has 208 valence electrons. The number of carbonyl (C=O) groups excluding carboxylic acids is 4. The maximum absolute atomic E-state index is 11.9. The van der Waals surface area contributed by atoms with Crippen LogP contribution in [0.2, 0.25) is 0 Å². The highest BCUT2D eigenvalue weighted by Gasteiger charge is 2.38. The zero-order valence-electron chi connectivity index (χ0n) is 22.1. The maximum atomic E-state index is 11.9. The zero-order valence-corrected chi connectivity index (χ0v) is 22.1. The van der Waals surface area contributed by atoms with Gasteiger partial charge in [-0.05, 0) is 27.7 Å². The third-order valence-corrected chi connectivity index (χ3v) is 4.92. The predicted octanol–water partition coefficient (Wildman–Crippen LogP) is 1.44. The van der Waals surface area contributed by atoms with Gasteiger partial charge in [0.1, 0.15) is 26.4 Å². The first-order valence-electron chi connectivity index (χ1n) is 11.2. The Hall–Kier alpha value is -3.28.